The minimum atomic E-state index is 0. The second-order valence-corrected chi connectivity index (χ2v) is 5.21. The summed E-state index contributed by atoms with van der Waals surface area (Å²) in [4.78, 5) is 4.17. The lowest BCUT2D eigenvalue weighted by atomic mass is 10.3. The molecule has 0 saturated heterocycles. The van der Waals surface area contributed by atoms with Crippen LogP contribution < -0.4 is 15.4 Å². The SMILES string of the molecule is CN=C(NCc1cn(-c2ccc(OC)cc2)nn1)NCc1ccco1.I. The number of furan rings is 1. The summed E-state index contributed by atoms with van der Waals surface area (Å²) < 4.78 is 12.2. The van der Waals surface area contributed by atoms with Crippen LogP contribution in [0.25, 0.3) is 5.69 Å². The predicted molar refractivity (Wildman–Crippen MR) is 109 cm³/mol. The Hall–Kier alpha value is -2.56. The number of hydrogen-bond acceptors (Lipinski definition) is 5. The maximum absolute atomic E-state index is 5.28. The molecule has 2 N–H and O–H groups in total. The van der Waals surface area contributed by atoms with E-state index in [0.29, 0.717) is 19.0 Å². The van der Waals surface area contributed by atoms with E-state index in [0.717, 1.165) is 22.9 Å². The summed E-state index contributed by atoms with van der Waals surface area (Å²) in [7, 11) is 3.35. The van der Waals surface area contributed by atoms with E-state index in [4.69, 9.17) is 9.15 Å². The van der Waals surface area contributed by atoms with E-state index in [1.54, 1.807) is 25.1 Å². The van der Waals surface area contributed by atoms with Crippen LogP contribution in [0.4, 0.5) is 0 Å². The lowest BCUT2D eigenvalue weighted by Gasteiger charge is -2.09. The second-order valence-electron chi connectivity index (χ2n) is 5.21. The first-order valence-electron chi connectivity index (χ1n) is 7.81. The quantitative estimate of drug-likeness (QED) is 0.328. The molecule has 3 aromatic rings. The van der Waals surface area contributed by atoms with Gasteiger partial charge in [-0.15, -0.1) is 29.1 Å². The molecule has 0 spiro atoms. The molecule has 0 radical (unpaired) electrons. The van der Waals surface area contributed by atoms with Gasteiger partial charge in [-0.2, -0.15) is 0 Å². The van der Waals surface area contributed by atoms with Crippen LogP contribution in [0.3, 0.4) is 0 Å². The number of nitrogens with zero attached hydrogens (tertiary/aromatic N) is 4. The average molecular weight is 468 g/mol. The summed E-state index contributed by atoms with van der Waals surface area (Å²) in [5.74, 6) is 2.31. The molecule has 0 aliphatic carbocycles. The average Bonchev–Trinajstić information content (AvgIpc) is 3.34. The molecule has 3 rings (SSSR count). The van der Waals surface area contributed by atoms with Gasteiger partial charge in [0.1, 0.15) is 17.2 Å². The Morgan fingerprint density at radius 2 is 1.96 bits per heavy atom. The standard InChI is InChI=1S/C17H20N6O2.HI/c1-18-17(20-11-16-4-3-9-25-16)19-10-13-12-23(22-21-13)14-5-7-15(24-2)8-6-14;/h3-9,12H,10-11H2,1-2H3,(H2,18,19,20);1H. The van der Waals surface area contributed by atoms with Crippen molar-refractivity contribution in [3.63, 3.8) is 0 Å². The fourth-order valence-electron chi connectivity index (χ4n) is 2.22. The highest BCUT2D eigenvalue weighted by molar-refractivity contribution is 14.0. The van der Waals surface area contributed by atoms with Crippen molar-refractivity contribution in [2.45, 2.75) is 13.1 Å². The van der Waals surface area contributed by atoms with E-state index in [1.807, 2.05) is 42.6 Å². The summed E-state index contributed by atoms with van der Waals surface area (Å²) in [5, 5.41) is 14.7. The third kappa shape index (κ3) is 5.22. The zero-order chi connectivity index (χ0) is 17.5. The van der Waals surface area contributed by atoms with Crippen molar-refractivity contribution in [2.24, 2.45) is 4.99 Å². The highest BCUT2D eigenvalue weighted by Gasteiger charge is 2.05. The van der Waals surface area contributed by atoms with Crippen molar-refractivity contribution in [3.05, 3.63) is 60.3 Å². The molecule has 9 heteroatoms. The first-order chi connectivity index (χ1) is 12.3. The highest BCUT2D eigenvalue weighted by Crippen LogP contribution is 2.14. The number of guanidine groups is 1. The molecule has 1 aromatic carbocycles. The van der Waals surface area contributed by atoms with Crippen LogP contribution in [-0.2, 0) is 13.1 Å². The van der Waals surface area contributed by atoms with E-state index in [1.165, 1.54) is 0 Å². The van der Waals surface area contributed by atoms with Crippen LogP contribution in [0.15, 0.2) is 58.3 Å². The fourth-order valence-corrected chi connectivity index (χ4v) is 2.22. The van der Waals surface area contributed by atoms with E-state index in [9.17, 15) is 0 Å². The molecular weight excluding hydrogens is 447 g/mol. The minimum Gasteiger partial charge on any atom is -0.497 e. The number of methoxy groups -OCH3 is 1. The molecule has 0 aliphatic rings. The maximum Gasteiger partial charge on any atom is 0.191 e. The summed E-state index contributed by atoms with van der Waals surface area (Å²) in [6, 6.07) is 11.4. The molecule has 26 heavy (non-hydrogen) atoms. The largest absolute Gasteiger partial charge is 0.497 e. The number of aliphatic imine (C=N–C) groups is 1. The Kier molecular flexibility index (Phi) is 7.45. The maximum atomic E-state index is 5.28. The van der Waals surface area contributed by atoms with Gasteiger partial charge in [-0.25, -0.2) is 4.68 Å². The molecule has 8 nitrogen and oxygen atoms in total. The summed E-state index contributed by atoms with van der Waals surface area (Å²) in [6.45, 7) is 1.07. The molecule has 0 saturated carbocycles. The molecule has 2 heterocycles. The molecular formula is C17H21IN6O2. The lowest BCUT2D eigenvalue weighted by molar-refractivity contribution is 0.414. The van der Waals surface area contributed by atoms with Crippen molar-refractivity contribution in [1.29, 1.82) is 0 Å². The molecule has 0 fully saturated rings. The first kappa shape index (κ1) is 19.8. The van der Waals surface area contributed by atoms with Crippen LogP contribution in [0.1, 0.15) is 11.5 Å². The smallest absolute Gasteiger partial charge is 0.191 e. The van der Waals surface area contributed by atoms with E-state index in [2.05, 4.69) is 25.9 Å². The van der Waals surface area contributed by atoms with Gasteiger partial charge in [0.25, 0.3) is 0 Å². The first-order valence-corrected chi connectivity index (χ1v) is 7.81. The Balaban J connectivity index is 0.00000243. The van der Waals surface area contributed by atoms with E-state index < -0.39 is 0 Å². The van der Waals surface area contributed by atoms with E-state index >= 15 is 0 Å². The molecule has 0 unspecified atom stereocenters. The van der Waals surface area contributed by atoms with Crippen molar-refractivity contribution >= 4 is 29.9 Å². The van der Waals surface area contributed by atoms with Crippen LogP contribution in [0.5, 0.6) is 5.75 Å². The normalized spacial score (nSPS) is 10.9. The highest BCUT2D eigenvalue weighted by atomic mass is 127. The van der Waals surface area contributed by atoms with Crippen molar-refractivity contribution in [2.75, 3.05) is 14.2 Å². The van der Waals surface area contributed by atoms with Gasteiger partial charge < -0.3 is 19.8 Å². The Bertz CT molecular complexity index is 814. The van der Waals surface area contributed by atoms with Gasteiger partial charge in [0.15, 0.2) is 5.96 Å². The number of nitrogens with one attached hydrogen (secondary N) is 2. The molecule has 0 aliphatic heterocycles. The summed E-state index contributed by atoms with van der Waals surface area (Å²) in [5.41, 5.74) is 1.72. The van der Waals surface area contributed by atoms with Crippen LogP contribution in [-0.4, -0.2) is 35.1 Å². The predicted octanol–water partition coefficient (Wildman–Crippen LogP) is 2.35. The van der Waals surface area contributed by atoms with Crippen LogP contribution >= 0.6 is 24.0 Å². The second kappa shape index (κ2) is 9.80. The number of rotatable bonds is 6. The molecule has 2 aromatic heterocycles. The summed E-state index contributed by atoms with van der Waals surface area (Å²) >= 11 is 0. The van der Waals surface area contributed by atoms with Gasteiger partial charge in [0, 0.05) is 7.05 Å². The van der Waals surface area contributed by atoms with Gasteiger partial charge in [0.05, 0.1) is 38.3 Å². The van der Waals surface area contributed by atoms with Crippen LogP contribution in [0, 0.1) is 0 Å². The van der Waals surface area contributed by atoms with Crippen molar-refractivity contribution in [1.82, 2.24) is 25.6 Å². The molecule has 0 bridgehead atoms. The number of ether oxygens (including phenoxy) is 1. The Labute approximate surface area is 168 Å². The lowest BCUT2D eigenvalue weighted by Crippen LogP contribution is -2.36. The number of aromatic nitrogens is 3. The number of hydrogen-bond donors (Lipinski definition) is 2. The van der Waals surface area contributed by atoms with Crippen LogP contribution in [0.2, 0.25) is 0 Å². The van der Waals surface area contributed by atoms with Gasteiger partial charge >= 0.3 is 0 Å². The zero-order valence-corrected chi connectivity index (χ0v) is 16.9. The number of benzene rings is 1. The zero-order valence-electron chi connectivity index (χ0n) is 14.5. The van der Waals surface area contributed by atoms with Gasteiger partial charge in [-0.1, -0.05) is 5.21 Å². The third-order valence-electron chi connectivity index (χ3n) is 3.55. The Morgan fingerprint density at radius 3 is 2.62 bits per heavy atom. The monoisotopic (exact) mass is 468 g/mol. The molecule has 138 valence electrons. The van der Waals surface area contributed by atoms with Gasteiger partial charge in [-0.3, -0.25) is 4.99 Å². The minimum absolute atomic E-state index is 0. The Morgan fingerprint density at radius 1 is 1.19 bits per heavy atom. The fraction of sp³-hybridized carbons (Fsp3) is 0.235. The topological polar surface area (TPSA) is 89.5 Å². The molecule has 0 amide bonds. The molecule has 0 atom stereocenters. The van der Waals surface area contributed by atoms with E-state index in [-0.39, 0.29) is 24.0 Å². The third-order valence-corrected chi connectivity index (χ3v) is 3.55. The van der Waals surface area contributed by atoms with Gasteiger partial charge in [0.2, 0.25) is 0 Å². The van der Waals surface area contributed by atoms with Gasteiger partial charge in [-0.05, 0) is 36.4 Å². The van der Waals surface area contributed by atoms with Crippen molar-refractivity contribution in [3.8, 4) is 11.4 Å². The summed E-state index contributed by atoms with van der Waals surface area (Å²) in [6.07, 6.45) is 3.51. The number of halogens is 1. The van der Waals surface area contributed by atoms with Crippen molar-refractivity contribution < 1.29 is 9.15 Å².